The molecule has 700 valence electrons. The molecule has 0 bridgehead atoms. The van der Waals surface area contributed by atoms with Crippen LogP contribution in [0.3, 0.4) is 0 Å². The van der Waals surface area contributed by atoms with Gasteiger partial charge >= 0.3 is 17.9 Å². The number of ketones is 4. The molecule has 9 aromatic carbocycles. The fraction of sp³-hybridized carbons (Fsp3) is 0.340. The van der Waals surface area contributed by atoms with E-state index in [2.05, 4.69) is 109 Å². The Morgan fingerprint density at radius 1 is 0.411 bits per heavy atom. The van der Waals surface area contributed by atoms with E-state index in [4.69, 9.17) is 60.6 Å². The predicted molar refractivity (Wildman–Crippen MR) is 514 cm³/mol. The fourth-order valence-electron chi connectivity index (χ4n) is 11.2. The Morgan fingerprint density at radius 2 is 0.690 bits per heavy atom. The normalized spacial score (nSPS) is 10.2. The highest BCUT2D eigenvalue weighted by Gasteiger charge is 2.37. The maximum atomic E-state index is 12.4. The molecule has 0 aliphatic rings. The number of aliphatic hydroxyl groups excluding tert-OH is 2. The molecule has 0 aromatic heterocycles. The van der Waals surface area contributed by atoms with Crippen molar-refractivity contribution in [3.8, 4) is 0 Å². The van der Waals surface area contributed by atoms with Gasteiger partial charge in [0.25, 0.3) is 11.8 Å². The van der Waals surface area contributed by atoms with Crippen LogP contribution < -0.4 is 42.6 Å². The first-order chi connectivity index (χ1) is 61.8. The van der Waals surface area contributed by atoms with Crippen LogP contribution >= 0.6 is 34.8 Å². The third-order valence-corrected chi connectivity index (χ3v) is 24.4. The van der Waals surface area contributed by atoms with Crippen molar-refractivity contribution >= 4 is 130 Å². The number of halogens is 3. The van der Waals surface area contributed by atoms with Crippen LogP contribution in [0.5, 0.6) is 0 Å². The molecular weight excluding hydrogens is 1730 g/mol. The average Bonchev–Trinajstić information content (AvgIpc) is 0.815. The maximum absolute atomic E-state index is 12.4. The summed E-state index contributed by atoms with van der Waals surface area (Å²) in [4.78, 5) is 122. The number of Topliss-reactive ketones (excluding diaryl/α,β-unsaturated/α-hetero) is 4. The van der Waals surface area contributed by atoms with Gasteiger partial charge in [0, 0.05) is 91.4 Å². The third kappa shape index (κ3) is 49.0. The molecule has 0 saturated heterocycles. The highest BCUT2D eigenvalue weighted by Crippen LogP contribution is 2.36. The van der Waals surface area contributed by atoms with E-state index in [0.717, 1.165) is 71.1 Å². The zero-order valence-corrected chi connectivity index (χ0v) is 79.0. The Hall–Kier alpha value is -11.6. The Bertz CT molecular complexity index is 4350. The largest absolute Gasteiger partial charge is 0.465 e. The van der Waals surface area contributed by atoms with Crippen LogP contribution in [0.1, 0.15) is 129 Å². The zero-order chi connectivity index (χ0) is 96.5. The lowest BCUT2D eigenvalue weighted by atomic mass is 10.1. The quantitative estimate of drug-likeness (QED) is 0.00198. The molecule has 0 unspecified atom stereocenters. The lowest BCUT2D eigenvalue weighted by Gasteiger charge is -2.36. The van der Waals surface area contributed by atoms with Crippen molar-refractivity contribution in [3.63, 3.8) is 0 Å². The number of hydrogen-bond donors (Lipinski definition) is 10. The van der Waals surface area contributed by atoms with Crippen molar-refractivity contribution in [3.05, 3.63) is 293 Å². The average molecular weight is 1860 g/mol. The van der Waals surface area contributed by atoms with Crippen molar-refractivity contribution in [1.82, 2.24) is 15.9 Å². The van der Waals surface area contributed by atoms with Crippen molar-refractivity contribution in [2.24, 2.45) is 5.90 Å². The number of nitrogens with two attached hydrogens (primary N) is 2. The van der Waals surface area contributed by atoms with Crippen LogP contribution in [-0.4, -0.2) is 216 Å². The first-order valence-corrected chi connectivity index (χ1v) is 45.9. The Labute approximate surface area is 774 Å². The molecule has 0 saturated carbocycles. The number of carbonyl (C=O) groups excluding carboxylic acids is 10. The summed E-state index contributed by atoms with van der Waals surface area (Å²) in [6.07, 6.45) is 2.10. The number of rotatable bonds is 38. The van der Waals surface area contributed by atoms with Gasteiger partial charge in [-0.1, -0.05) is 170 Å². The molecule has 0 aliphatic heterocycles. The molecular formula is C97H128Cl3N9O19Si. The summed E-state index contributed by atoms with van der Waals surface area (Å²) in [6.45, 7) is 27.6. The Balaban J connectivity index is 0.000000761. The number of nitrogens with one attached hydrogen (secondary N) is 3. The van der Waals surface area contributed by atoms with Gasteiger partial charge in [0.2, 0.25) is 5.24 Å². The first-order valence-electron chi connectivity index (χ1n) is 41.5. The molecule has 28 nitrogen and oxygen atoms in total. The van der Waals surface area contributed by atoms with Gasteiger partial charge in [-0.25, -0.2) is 31.2 Å². The maximum Gasteiger partial charge on any atom is 0.337 e. The number of carbonyl (C=O) groups is 10. The van der Waals surface area contributed by atoms with Crippen LogP contribution in [0, 0.1) is 0 Å². The fourth-order valence-corrected chi connectivity index (χ4v) is 12.3. The molecule has 0 heterocycles. The molecule has 129 heavy (non-hydrogen) atoms. The van der Waals surface area contributed by atoms with Gasteiger partial charge in [0.1, 0.15) is 0 Å². The zero-order valence-electron chi connectivity index (χ0n) is 75.8. The number of alkyl halides is 2. The van der Waals surface area contributed by atoms with E-state index < -0.39 is 25.4 Å². The van der Waals surface area contributed by atoms with E-state index in [-0.39, 0.29) is 91.9 Å². The molecule has 0 atom stereocenters. The van der Waals surface area contributed by atoms with E-state index in [0.29, 0.717) is 71.0 Å². The lowest BCUT2D eigenvalue weighted by molar-refractivity contribution is -0.118. The van der Waals surface area contributed by atoms with Gasteiger partial charge in [0.05, 0.1) is 89.2 Å². The summed E-state index contributed by atoms with van der Waals surface area (Å²) < 4.78 is 19.8. The molecule has 0 fully saturated rings. The standard InChI is InChI=1S/C20H23NO3.2C18H20N2O4.C14H25NOSi.C11H11ClO3.C8H9NO2.C6H15N.C2H2Cl2O.H3NO/c1-3-13-21(18-7-5-4-6-8-18)15-19(22)14-16-9-11-17(12-10-16)20(23)24-2;2*21-11-10-20(16-4-2-1-3-5-16)13-17(22)12-14-6-8-15(9-7-14)18(23)19-24;1-14(2,3)17(4,5)16-12-11-15-13-9-7-6-8-10-13;1-15-11(14)9-4-2-8(3-5-9)6-10(13)7-12;1-11-8(10)6-2-4-7(9)5-3-6;1-4-7(5-2)6-3;3-1-2(4)5;1-2/h4-12H,3,13-15H2,1-2H3;2*1-9,21,24H,10-13H2,(H,19,23);6-10,15H,11-12H2,1-5H3;2-5H,6-7H2,1H3;2-5H,9H2,1H3;4-6H2,1-3H3;1H2;2H,1H2. The molecule has 0 aliphatic carbocycles. The van der Waals surface area contributed by atoms with Crippen molar-refractivity contribution in [1.29, 1.82) is 0 Å². The van der Waals surface area contributed by atoms with Crippen molar-refractivity contribution in [2.45, 2.75) is 98.7 Å². The summed E-state index contributed by atoms with van der Waals surface area (Å²) in [5, 5.41) is 45.2. The number of anilines is 5. The molecule has 9 aromatic rings. The number of nitrogens with zero attached hydrogens (tertiary/aromatic N) is 4. The number of hydrogen-bond acceptors (Lipinski definition) is 26. The summed E-state index contributed by atoms with van der Waals surface area (Å²) in [6, 6.07) is 72.3. The summed E-state index contributed by atoms with van der Waals surface area (Å²) >= 11 is 14.9. The molecule has 2 amide bonds. The van der Waals surface area contributed by atoms with E-state index in [1.807, 2.05) is 119 Å². The second-order valence-electron chi connectivity index (χ2n) is 29.5. The number of aliphatic hydroxyl groups is 2. The van der Waals surface area contributed by atoms with Crippen LogP contribution in [0.2, 0.25) is 18.1 Å². The van der Waals surface area contributed by atoms with Gasteiger partial charge < -0.3 is 64.7 Å². The molecule has 9 rings (SSSR count). The SMILES string of the molecule is CC(C)(C)[Si](C)(C)OCCNc1ccccc1.CCCN(CC(=O)Cc1ccc(C(=O)OC)cc1)c1ccccc1.CCN(CC)CC.COC(=O)c1ccc(CC(=O)CCl)cc1.COC(=O)c1ccc(N)cc1.NO.O=C(Cc1ccc(C(=O)NO)cc1)CN(CCO)c1ccccc1.O=C(Cc1ccc(C(=O)NO)cc1)CN(CCO)c1ccccc1.O=C(Cl)CCl. The number of hydroxylamine groups is 2. The molecule has 32 heteroatoms. The van der Waals surface area contributed by atoms with E-state index in [9.17, 15) is 58.2 Å². The van der Waals surface area contributed by atoms with E-state index in [1.54, 1.807) is 132 Å². The van der Waals surface area contributed by atoms with Gasteiger partial charge in [0.15, 0.2) is 31.5 Å². The number of ether oxygens (including phenoxy) is 3. The molecule has 0 spiro atoms. The highest BCUT2D eigenvalue weighted by atomic mass is 35.5. The van der Waals surface area contributed by atoms with E-state index >= 15 is 0 Å². The number of amides is 2. The predicted octanol–water partition coefficient (Wildman–Crippen LogP) is 15.0. The number of esters is 3. The minimum atomic E-state index is -1.58. The number of methoxy groups -OCH3 is 3. The Kier molecular flexibility index (Phi) is 60.6. The third-order valence-electron chi connectivity index (χ3n) is 19.1. The van der Waals surface area contributed by atoms with Crippen molar-refractivity contribution < 1.29 is 92.4 Å². The van der Waals surface area contributed by atoms with Crippen LogP contribution in [0.15, 0.2) is 243 Å². The van der Waals surface area contributed by atoms with Crippen LogP contribution in [0.25, 0.3) is 0 Å². The minimum absolute atomic E-state index is 0.00617. The second-order valence-corrected chi connectivity index (χ2v) is 35.3. The van der Waals surface area contributed by atoms with Gasteiger partial charge in [-0.2, -0.15) is 0 Å². The van der Waals surface area contributed by atoms with Gasteiger partial charge in [-0.15, -0.1) is 23.2 Å². The number of benzene rings is 9. The second kappa shape index (κ2) is 67.7. The van der Waals surface area contributed by atoms with E-state index in [1.165, 1.54) is 41.0 Å². The summed E-state index contributed by atoms with van der Waals surface area (Å²) in [7, 11) is 2.44. The Morgan fingerprint density at radius 3 is 0.938 bits per heavy atom. The van der Waals surface area contributed by atoms with Crippen LogP contribution in [0.4, 0.5) is 28.4 Å². The number of nitrogen functional groups attached to an aromatic ring is 1. The highest BCUT2D eigenvalue weighted by molar-refractivity contribution is 6.74. The summed E-state index contributed by atoms with van der Waals surface area (Å²) in [5.41, 5.74) is 18.6. The topological polar surface area (TPSA) is 410 Å². The van der Waals surface area contributed by atoms with Gasteiger partial charge in [-0.05, 0) is 199 Å². The first kappa shape index (κ1) is 115. The molecule has 12 N–H and O–H groups in total. The molecule has 0 radical (unpaired) electrons. The lowest BCUT2D eigenvalue weighted by Crippen LogP contribution is -2.41. The summed E-state index contributed by atoms with van der Waals surface area (Å²) in [5.74, 6) is 1.26. The smallest absolute Gasteiger partial charge is 0.337 e. The number of para-hydroxylation sites is 4. The monoisotopic (exact) mass is 1860 g/mol. The van der Waals surface area contributed by atoms with Crippen LogP contribution in [-0.2, 0) is 68.3 Å². The van der Waals surface area contributed by atoms with Crippen molar-refractivity contribution in [2.75, 3.05) is 144 Å². The minimum Gasteiger partial charge on any atom is -0.465 e. The van der Waals surface area contributed by atoms with Gasteiger partial charge in [-0.3, -0.25) is 44.0 Å².